The van der Waals surface area contributed by atoms with Gasteiger partial charge in [-0.2, -0.15) is 13.4 Å². The van der Waals surface area contributed by atoms with Crippen molar-refractivity contribution < 1.29 is 17.2 Å². The van der Waals surface area contributed by atoms with Gasteiger partial charge < -0.3 is 0 Å². The molecule has 0 aliphatic rings. The predicted molar refractivity (Wildman–Crippen MR) is 72.7 cm³/mol. The number of rotatable bonds is 3. The molecule has 10 heteroatoms. The molecule has 0 unspecified atom stereocenters. The molecule has 2 heterocycles. The van der Waals surface area contributed by atoms with Gasteiger partial charge in [0, 0.05) is 0 Å². The van der Waals surface area contributed by atoms with Crippen molar-refractivity contribution in [2.45, 2.75) is 12.1 Å². The number of hydrogen-bond donors (Lipinski definition) is 1. The molecule has 0 saturated carbocycles. The molecule has 3 aromatic rings. The first-order valence-corrected chi connectivity index (χ1v) is 7.51. The number of aryl methyl sites for hydroxylation is 1. The van der Waals surface area contributed by atoms with Gasteiger partial charge in [0.15, 0.2) is 5.65 Å². The molecule has 0 saturated heterocycles. The molecule has 2 aromatic heterocycles. The van der Waals surface area contributed by atoms with Crippen LogP contribution >= 0.6 is 0 Å². The zero-order chi connectivity index (χ0) is 15.9. The maximum absolute atomic E-state index is 13.5. The molecule has 0 amide bonds. The minimum absolute atomic E-state index is 0.194. The molecule has 1 aromatic carbocycles. The van der Waals surface area contributed by atoms with Crippen LogP contribution < -0.4 is 4.72 Å². The van der Waals surface area contributed by atoms with Gasteiger partial charge in [-0.25, -0.2) is 13.3 Å². The summed E-state index contributed by atoms with van der Waals surface area (Å²) in [5.41, 5.74) is 0.0186. The quantitative estimate of drug-likeness (QED) is 0.788. The fourth-order valence-corrected chi connectivity index (χ4v) is 2.72. The fraction of sp³-hybridized carbons (Fsp3) is 0.0833. The van der Waals surface area contributed by atoms with Crippen molar-refractivity contribution in [1.82, 2.24) is 19.6 Å². The van der Waals surface area contributed by atoms with Crippen LogP contribution in [0.25, 0.3) is 5.65 Å². The van der Waals surface area contributed by atoms with Crippen molar-refractivity contribution >= 4 is 21.4 Å². The lowest BCUT2D eigenvalue weighted by atomic mass is 10.3. The summed E-state index contributed by atoms with van der Waals surface area (Å²) in [6.45, 7) is 1.70. The largest absolute Gasteiger partial charge is 0.299 e. The lowest BCUT2D eigenvalue weighted by molar-refractivity contribution is 0.579. The molecule has 0 spiro atoms. The van der Waals surface area contributed by atoms with E-state index in [0.29, 0.717) is 5.69 Å². The standard InChI is InChI=1S/C12H9F2N5O2S/c1-7-6-19-10(5-15-7)16-12(17-19)22(20,21)18-11-8(13)3-2-4-9(11)14/h2-6,18H,1H3. The number of sulfonamides is 1. The lowest BCUT2D eigenvalue weighted by Crippen LogP contribution is -2.16. The first-order chi connectivity index (χ1) is 10.4. The van der Waals surface area contributed by atoms with Gasteiger partial charge in [0.25, 0.3) is 15.2 Å². The third-order valence-corrected chi connectivity index (χ3v) is 3.90. The third-order valence-electron chi connectivity index (χ3n) is 2.77. The van der Waals surface area contributed by atoms with E-state index in [1.165, 1.54) is 16.9 Å². The normalized spacial score (nSPS) is 11.8. The number of anilines is 1. The Bertz CT molecular complexity index is 951. The van der Waals surface area contributed by atoms with Gasteiger partial charge in [-0.05, 0) is 19.1 Å². The van der Waals surface area contributed by atoms with Gasteiger partial charge in [-0.1, -0.05) is 6.07 Å². The Kier molecular flexibility index (Phi) is 3.24. The summed E-state index contributed by atoms with van der Waals surface area (Å²) in [4.78, 5) is 7.73. The molecule has 0 atom stereocenters. The third kappa shape index (κ3) is 2.48. The van der Waals surface area contributed by atoms with E-state index in [-0.39, 0.29) is 5.65 Å². The average molecular weight is 325 g/mol. The second kappa shape index (κ2) is 4.98. The highest BCUT2D eigenvalue weighted by molar-refractivity contribution is 7.92. The molecular formula is C12H9F2N5O2S. The molecule has 22 heavy (non-hydrogen) atoms. The van der Waals surface area contributed by atoms with Gasteiger partial charge in [0.05, 0.1) is 18.1 Å². The van der Waals surface area contributed by atoms with Gasteiger partial charge >= 0.3 is 0 Å². The van der Waals surface area contributed by atoms with Crippen LogP contribution in [0.4, 0.5) is 14.5 Å². The zero-order valence-corrected chi connectivity index (χ0v) is 12.0. The minimum atomic E-state index is -4.33. The predicted octanol–water partition coefficient (Wildman–Crippen LogP) is 1.51. The number of nitrogens with one attached hydrogen (secondary N) is 1. The van der Waals surface area contributed by atoms with Crippen molar-refractivity contribution in [1.29, 1.82) is 0 Å². The topological polar surface area (TPSA) is 89.3 Å². The maximum atomic E-state index is 13.5. The van der Waals surface area contributed by atoms with E-state index in [1.54, 1.807) is 6.92 Å². The molecule has 0 bridgehead atoms. The van der Waals surface area contributed by atoms with E-state index in [9.17, 15) is 17.2 Å². The second-order valence-electron chi connectivity index (χ2n) is 4.43. The summed E-state index contributed by atoms with van der Waals surface area (Å²) < 4.78 is 54.4. The van der Waals surface area contributed by atoms with Crippen molar-refractivity contribution in [2.75, 3.05) is 4.72 Å². The Morgan fingerprint density at radius 3 is 2.59 bits per heavy atom. The summed E-state index contributed by atoms with van der Waals surface area (Å²) in [6, 6.07) is 3.00. The van der Waals surface area contributed by atoms with E-state index in [2.05, 4.69) is 15.1 Å². The van der Waals surface area contributed by atoms with E-state index in [0.717, 1.165) is 18.2 Å². The van der Waals surface area contributed by atoms with Crippen LogP contribution in [0.3, 0.4) is 0 Å². The number of benzene rings is 1. The van der Waals surface area contributed by atoms with Crippen LogP contribution in [0.15, 0.2) is 35.7 Å². The highest BCUT2D eigenvalue weighted by Gasteiger charge is 2.23. The molecule has 0 radical (unpaired) electrons. The van der Waals surface area contributed by atoms with Crippen LogP contribution in [0.1, 0.15) is 5.69 Å². The minimum Gasteiger partial charge on any atom is -0.271 e. The SMILES string of the molecule is Cc1cn2nc(S(=O)(=O)Nc3c(F)cccc3F)nc2cn1. The van der Waals surface area contributed by atoms with E-state index in [1.807, 2.05) is 4.72 Å². The fourth-order valence-electron chi connectivity index (χ4n) is 1.76. The first kappa shape index (κ1) is 14.3. The molecule has 1 N–H and O–H groups in total. The Morgan fingerprint density at radius 1 is 1.23 bits per heavy atom. The first-order valence-electron chi connectivity index (χ1n) is 6.03. The maximum Gasteiger partial charge on any atom is 0.299 e. The molecule has 0 fully saturated rings. The zero-order valence-electron chi connectivity index (χ0n) is 11.2. The number of hydrogen-bond acceptors (Lipinski definition) is 5. The summed E-state index contributed by atoms with van der Waals surface area (Å²) >= 11 is 0. The highest BCUT2D eigenvalue weighted by atomic mass is 32.2. The Balaban J connectivity index is 2.05. The van der Waals surface area contributed by atoms with Crippen LogP contribution in [0, 0.1) is 18.6 Å². The van der Waals surface area contributed by atoms with Crippen LogP contribution in [0.5, 0.6) is 0 Å². The summed E-state index contributed by atoms with van der Waals surface area (Å²) in [5.74, 6) is -2.07. The Labute approximate surface area is 123 Å². The summed E-state index contributed by atoms with van der Waals surface area (Å²) in [6.07, 6.45) is 2.82. The van der Waals surface area contributed by atoms with Gasteiger partial charge in [-0.15, -0.1) is 5.10 Å². The molecule has 114 valence electrons. The van der Waals surface area contributed by atoms with Crippen molar-refractivity contribution in [3.63, 3.8) is 0 Å². The summed E-state index contributed by atoms with van der Waals surface area (Å²) in [7, 11) is -4.33. The van der Waals surface area contributed by atoms with Crippen molar-refractivity contribution in [3.8, 4) is 0 Å². The lowest BCUT2D eigenvalue weighted by Gasteiger charge is -2.06. The molecular weight excluding hydrogens is 316 g/mol. The van der Waals surface area contributed by atoms with Gasteiger partial charge in [-0.3, -0.25) is 9.71 Å². The smallest absolute Gasteiger partial charge is 0.271 e. The number of fused-ring (bicyclic) bond motifs is 1. The molecule has 0 aliphatic heterocycles. The number of aromatic nitrogens is 4. The molecule has 3 rings (SSSR count). The van der Waals surface area contributed by atoms with E-state index >= 15 is 0 Å². The van der Waals surface area contributed by atoms with Gasteiger partial charge in [0.2, 0.25) is 0 Å². The second-order valence-corrected chi connectivity index (χ2v) is 6.00. The van der Waals surface area contributed by atoms with Gasteiger partial charge in [0.1, 0.15) is 17.3 Å². The van der Waals surface area contributed by atoms with Crippen molar-refractivity contribution in [2.24, 2.45) is 0 Å². The number of para-hydroxylation sites is 1. The molecule has 7 nitrogen and oxygen atoms in total. The molecule has 0 aliphatic carbocycles. The highest BCUT2D eigenvalue weighted by Crippen LogP contribution is 2.21. The van der Waals surface area contributed by atoms with Crippen LogP contribution in [-0.4, -0.2) is 28.0 Å². The summed E-state index contributed by atoms with van der Waals surface area (Å²) in [5, 5.41) is 3.16. The average Bonchev–Trinajstić information content (AvgIpc) is 2.87. The van der Waals surface area contributed by atoms with Crippen LogP contribution in [0.2, 0.25) is 0 Å². The Morgan fingerprint density at radius 2 is 1.91 bits per heavy atom. The number of halogens is 2. The Hall–Kier alpha value is -2.62. The van der Waals surface area contributed by atoms with E-state index in [4.69, 9.17) is 0 Å². The van der Waals surface area contributed by atoms with Crippen molar-refractivity contribution in [3.05, 3.63) is 47.9 Å². The monoisotopic (exact) mass is 325 g/mol. The van der Waals surface area contributed by atoms with Crippen LogP contribution in [-0.2, 0) is 10.0 Å². The van der Waals surface area contributed by atoms with E-state index < -0.39 is 32.5 Å². The number of nitrogens with zero attached hydrogens (tertiary/aromatic N) is 4.